The van der Waals surface area contributed by atoms with E-state index in [1.165, 1.54) is 59.9 Å². The minimum atomic E-state index is -0.617. The Hall–Kier alpha value is -2.78. The summed E-state index contributed by atoms with van der Waals surface area (Å²) in [5, 5.41) is 6.77. The summed E-state index contributed by atoms with van der Waals surface area (Å²) in [5.41, 5.74) is 19.6. The molecule has 2 aromatic rings. The molecule has 0 radical (unpaired) electrons. The number of carbonyl (C=O) groups excluding carboxylic acids is 2. The third-order valence-corrected chi connectivity index (χ3v) is 10.6. The van der Waals surface area contributed by atoms with Crippen molar-refractivity contribution < 1.29 is 9.59 Å². The molecule has 4 atom stereocenters. The van der Waals surface area contributed by atoms with E-state index in [9.17, 15) is 9.59 Å². The van der Waals surface area contributed by atoms with E-state index in [4.69, 9.17) is 11.5 Å². The van der Waals surface area contributed by atoms with Gasteiger partial charge in [0.25, 0.3) is 0 Å². The lowest BCUT2D eigenvalue weighted by molar-refractivity contribution is -0.149. The number of likely N-dealkylation sites (N-methyl/N-ethyl adjacent to an activating group) is 1. The summed E-state index contributed by atoms with van der Waals surface area (Å²) >= 11 is 0. The minimum absolute atomic E-state index is 0.0181. The Labute approximate surface area is 284 Å². The molecule has 1 heterocycles. The molecule has 1 saturated carbocycles. The number of nitrogens with zero attached hydrogens (tertiary/aromatic N) is 2. The largest absolute Gasteiger partial charge is 0.335 e. The monoisotopic (exact) mass is 646 g/mol. The number of nitrogens with one attached hydrogen (secondary N) is 2. The zero-order chi connectivity index (χ0) is 33.9. The van der Waals surface area contributed by atoms with Crippen molar-refractivity contribution in [1.29, 1.82) is 0 Å². The van der Waals surface area contributed by atoms with E-state index < -0.39 is 6.04 Å². The van der Waals surface area contributed by atoms with E-state index in [-0.39, 0.29) is 29.9 Å². The Kier molecular flexibility index (Phi) is 14.3. The van der Waals surface area contributed by atoms with Gasteiger partial charge in [-0.1, -0.05) is 79.6 Å². The van der Waals surface area contributed by atoms with E-state index >= 15 is 0 Å². The molecule has 8 heteroatoms. The molecule has 6 N–H and O–H groups in total. The molecule has 1 saturated heterocycles. The number of hydrogen-bond acceptors (Lipinski definition) is 6. The Balaban J connectivity index is 1.60. The molecule has 2 amide bonds. The highest BCUT2D eigenvalue weighted by Gasteiger charge is 2.42. The van der Waals surface area contributed by atoms with Crippen LogP contribution in [0.2, 0.25) is 0 Å². The molecule has 47 heavy (non-hydrogen) atoms. The van der Waals surface area contributed by atoms with Gasteiger partial charge in [0.05, 0.1) is 12.1 Å². The first-order valence-corrected chi connectivity index (χ1v) is 18.2. The van der Waals surface area contributed by atoms with E-state index in [0.717, 1.165) is 37.9 Å². The van der Waals surface area contributed by atoms with Crippen LogP contribution >= 0.6 is 0 Å². The SMILES string of the molecule is CNC(Cc1ccc(C)cc1C)C(=O)N1C[C@@H](CC2CCCCC2)N(C(=O)C(N)Cc2ccc(C)cc2C)CC1CCCNCCN. The van der Waals surface area contributed by atoms with Crippen LogP contribution in [0.4, 0.5) is 0 Å². The van der Waals surface area contributed by atoms with Gasteiger partial charge < -0.3 is 31.9 Å². The van der Waals surface area contributed by atoms with Gasteiger partial charge in [-0.25, -0.2) is 0 Å². The summed E-state index contributed by atoms with van der Waals surface area (Å²) in [7, 11) is 1.89. The second-order valence-corrected chi connectivity index (χ2v) is 14.4. The van der Waals surface area contributed by atoms with Gasteiger partial charge in [0.2, 0.25) is 11.8 Å². The standard InChI is InChI=1S/C39H62N6O2/c1-27-13-15-32(29(3)20-27)23-36(41)38(46)45-25-34(12-9-18-43-19-17-40)44(26-35(45)22-31-10-7-6-8-11-31)39(47)37(42-5)24-33-16-14-28(2)21-30(33)4/h13-16,20-21,31,34-37,42-43H,6-12,17-19,22-26,40-41H2,1-5H3/t34?,35-,36?,37?/m1/s1. The first-order valence-electron chi connectivity index (χ1n) is 18.2. The molecule has 4 rings (SSSR count). The number of aryl methyl sites for hydroxylation is 4. The fourth-order valence-corrected chi connectivity index (χ4v) is 7.86. The van der Waals surface area contributed by atoms with Crippen molar-refractivity contribution in [3.05, 3.63) is 69.8 Å². The summed E-state index contributed by atoms with van der Waals surface area (Å²) in [6, 6.07) is 11.8. The van der Waals surface area contributed by atoms with E-state index in [1.54, 1.807) is 0 Å². The number of piperazine rings is 1. The zero-order valence-corrected chi connectivity index (χ0v) is 29.8. The molecule has 2 fully saturated rings. The normalized spacial score (nSPS) is 20.3. The van der Waals surface area contributed by atoms with Gasteiger partial charge in [-0.05, 0) is 102 Å². The summed E-state index contributed by atoms with van der Waals surface area (Å²) in [6.45, 7) is 11.7. The van der Waals surface area contributed by atoms with Crippen molar-refractivity contribution in [3.63, 3.8) is 0 Å². The molecule has 0 bridgehead atoms. The molecule has 0 aromatic heterocycles. The van der Waals surface area contributed by atoms with E-state index in [1.807, 2.05) is 7.05 Å². The molecule has 3 unspecified atom stereocenters. The summed E-state index contributed by atoms with van der Waals surface area (Å²) < 4.78 is 0. The molecule has 2 aromatic carbocycles. The Morgan fingerprint density at radius 3 is 2.02 bits per heavy atom. The summed E-state index contributed by atoms with van der Waals surface area (Å²) in [4.78, 5) is 33.1. The lowest BCUT2D eigenvalue weighted by Gasteiger charge is -2.49. The van der Waals surface area contributed by atoms with E-state index in [2.05, 4.69) is 84.5 Å². The zero-order valence-electron chi connectivity index (χ0n) is 29.8. The van der Waals surface area contributed by atoms with Crippen molar-refractivity contribution >= 4 is 11.8 Å². The Bertz CT molecular complexity index is 1310. The maximum absolute atomic E-state index is 14.5. The first kappa shape index (κ1) is 37.0. The highest BCUT2D eigenvalue weighted by Crippen LogP contribution is 2.32. The summed E-state index contributed by atoms with van der Waals surface area (Å²) in [5.74, 6) is 0.723. The van der Waals surface area contributed by atoms with Crippen LogP contribution in [0, 0.1) is 33.6 Å². The molecule has 1 aliphatic carbocycles. The highest BCUT2D eigenvalue weighted by molar-refractivity contribution is 5.85. The van der Waals surface area contributed by atoms with Crippen LogP contribution in [0.15, 0.2) is 36.4 Å². The maximum atomic E-state index is 14.5. The van der Waals surface area contributed by atoms with Crippen LogP contribution in [0.1, 0.15) is 84.7 Å². The van der Waals surface area contributed by atoms with Gasteiger partial charge in [0.1, 0.15) is 0 Å². The maximum Gasteiger partial charge on any atom is 0.240 e. The predicted molar refractivity (Wildman–Crippen MR) is 193 cm³/mol. The lowest BCUT2D eigenvalue weighted by atomic mass is 9.83. The Morgan fingerprint density at radius 1 is 0.830 bits per heavy atom. The minimum Gasteiger partial charge on any atom is -0.335 e. The number of nitrogens with two attached hydrogens (primary N) is 2. The first-order chi connectivity index (χ1) is 22.6. The van der Waals surface area contributed by atoms with Gasteiger partial charge >= 0.3 is 0 Å². The van der Waals surface area contributed by atoms with Crippen LogP contribution < -0.4 is 22.1 Å². The highest BCUT2D eigenvalue weighted by atomic mass is 16.2. The van der Waals surface area contributed by atoms with Crippen LogP contribution in [0.25, 0.3) is 0 Å². The van der Waals surface area contributed by atoms with Gasteiger partial charge in [-0.3, -0.25) is 9.59 Å². The van der Waals surface area contributed by atoms with Crippen molar-refractivity contribution in [2.24, 2.45) is 17.4 Å². The van der Waals surface area contributed by atoms with Crippen molar-refractivity contribution in [2.45, 2.75) is 116 Å². The quantitative estimate of drug-likeness (QED) is 0.214. The van der Waals surface area contributed by atoms with Gasteiger partial charge in [-0.15, -0.1) is 0 Å². The predicted octanol–water partition coefficient (Wildman–Crippen LogP) is 4.33. The van der Waals surface area contributed by atoms with Gasteiger partial charge in [-0.2, -0.15) is 0 Å². The number of benzene rings is 2. The fourth-order valence-electron chi connectivity index (χ4n) is 7.86. The average Bonchev–Trinajstić information content (AvgIpc) is 3.05. The van der Waals surface area contributed by atoms with Crippen LogP contribution in [0.5, 0.6) is 0 Å². The van der Waals surface area contributed by atoms with Crippen molar-refractivity contribution in [1.82, 2.24) is 20.4 Å². The average molecular weight is 647 g/mol. The van der Waals surface area contributed by atoms with Crippen LogP contribution in [-0.2, 0) is 22.4 Å². The lowest BCUT2D eigenvalue weighted by Crippen LogP contribution is -2.65. The Morgan fingerprint density at radius 2 is 1.43 bits per heavy atom. The van der Waals surface area contributed by atoms with Crippen molar-refractivity contribution in [3.8, 4) is 0 Å². The second-order valence-electron chi connectivity index (χ2n) is 14.4. The topological polar surface area (TPSA) is 117 Å². The number of hydrogen-bond donors (Lipinski definition) is 4. The van der Waals surface area contributed by atoms with Gasteiger partial charge in [0.15, 0.2) is 0 Å². The molecule has 8 nitrogen and oxygen atoms in total. The molecular weight excluding hydrogens is 584 g/mol. The molecule has 260 valence electrons. The molecular formula is C39H62N6O2. The smallest absolute Gasteiger partial charge is 0.240 e. The number of rotatable bonds is 15. The number of amides is 2. The third kappa shape index (κ3) is 10.4. The molecule has 1 aliphatic heterocycles. The van der Waals surface area contributed by atoms with Crippen LogP contribution in [-0.4, -0.2) is 85.6 Å². The third-order valence-electron chi connectivity index (χ3n) is 10.6. The summed E-state index contributed by atoms with van der Waals surface area (Å²) in [6.07, 6.45) is 9.98. The molecule has 0 spiro atoms. The fraction of sp³-hybridized carbons (Fsp3) is 0.641. The van der Waals surface area contributed by atoms with Gasteiger partial charge in [0, 0.05) is 38.3 Å². The second kappa shape index (κ2) is 18.1. The number of carbonyl (C=O) groups is 2. The van der Waals surface area contributed by atoms with E-state index in [0.29, 0.717) is 38.4 Å². The van der Waals surface area contributed by atoms with Crippen molar-refractivity contribution in [2.75, 3.05) is 39.8 Å². The van der Waals surface area contributed by atoms with Crippen LogP contribution in [0.3, 0.4) is 0 Å². The molecule has 2 aliphatic rings.